The molecule has 3 aromatic rings. The minimum absolute atomic E-state index is 0.0390. The second-order valence-electron chi connectivity index (χ2n) is 11.2. The molecule has 0 saturated carbocycles. The molecule has 1 atom stereocenters. The van der Waals surface area contributed by atoms with Crippen LogP contribution in [0.5, 0.6) is 17.2 Å². The second kappa shape index (κ2) is 15.6. The first-order valence-corrected chi connectivity index (χ1v) is 15.7. The number of hydrogen-bond donors (Lipinski definition) is 1. The zero-order chi connectivity index (χ0) is 31.6. The highest BCUT2D eigenvalue weighted by Crippen LogP contribution is 2.42. The quantitative estimate of drug-likeness (QED) is 0.109. The van der Waals surface area contributed by atoms with Crippen LogP contribution in [0.2, 0.25) is 0 Å². The summed E-state index contributed by atoms with van der Waals surface area (Å²) in [5.74, 6) is -0.00419. The predicted octanol–water partition coefficient (Wildman–Crippen LogP) is 5.60. The summed E-state index contributed by atoms with van der Waals surface area (Å²) in [7, 11) is 1.55. The Morgan fingerprint density at radius 1 is 0.911 bits per heavy atom. The number of carbonyl (C=O) groups is 2. The van der Waals surface area contributed by atoms with E-state index in [1.165, 1.54) is 0 Å². The van der Waals surface area contributed by atoms with Crippen LogP contribution in [0.15, 0.2) is 78.4 Å². The number of methoxy groups -OCH3 is 1. The maximum atomic E-state index is 13.6. The lowest BCUT2D eigenvalue weighted by Gasteiger charge is -2.29. The number of nitrogens with zero attached hydrogens (tertiary/aromatic N) is 2. The van der Waals surface area contributed by atoms with E-state index in [2.05, 4.69) is 11.8 Å². The molecule has 2 heterocycles. The molecule has 0 aliphatic carbocycles. The van der Waals surface area contributed by atoms with Crippen molar-refractivity contribution in [3.05, 3.63) is 95.1 Å². The van der Waals surface area contributed by atoms with Gasteiger partial charge >= 0.3 is 0 Å². The summed E-state index contributed by atoms with van der Waals surface area (Å²) in [5.41, 5.74) is 2.10. The average Bonchev–Trinajstić information content (AvgIpc) is 3.33. The lowest BCUT2D eigenvalue weighted by Crippen LogP contribution is -2.39. The van der Waals surface area contributed by atoms with Crippen molar-refractivity contribution in [3.8, 4) is 17.2 Å². The van der Waals surface area contributed by atoms with Crippen LogP contribution in [0.4, 0.5) is 0 Å². The fourth-order valence-corrected chi connectivity index (χ4v) is 5.68. The summed E-state index contributed by atoms with van der Waals surface area (Å²) < 4.78 is 23.1. The summed E-state index contributed by atoms with van der Waals surface area (Å²) in [4.78, 5) is 31.0. The molecule has 1 amide bonds. The zero-order valence-electron chi connectivity index (χ0n) is 26.1. The monoisotopic (exact) mass is 614 g/mol. The Bertz CT molecular complexity index is 1480. The Balaban J connectivity index is 1.47. The largest absolute Gasteiger partial charge is 0.507 e. The number of rotatable bonds is 14. The fraction of sp³-hybridized carbons (Fsp3) is 0.389. The van der Waals surface area contributed by atoms with Crippen LogP contribution in [-0.4, -0.2) is 79.7 Å². The highest BCUT2D eigenvalue weighted by Gasteiger charge is 2.46. The van der Waals surface area contributed by atoms with E-state index >= 15 is 0 Å². The molecular weight excluding hydrogens is 572 g/mol. The zero-order valence-corrected chi connectivity index (χ0v) is 26.1. The van der Waals surface area contributed by atoms with E-state index in [4.69, 9.17) is 18.9 Å². The summed E-state index contributed by atoms with van der Waals surface area (Å²) in [6.07, 6.45) is 2.56. The number of ether oxygens (including phenoxy) is 4. The van der Waals surface area contributed by atoms with Gasteiger partial charge in [-0.15, -0.1) is 0 Å². The summed E-state index contributed by atoms with van der Waals surface area (Å²) >= 11 is 0. The SMILES string of the molecule is CCCCOc1cccc(C(O)=C2C(=O)C(=O)N(CCCN3CCOCC3)C2c2ccc(OCc3ccccc3)c(OC)c2)c1. The summed E-state index contributed by atoms with van der Waals surface area (Å²) in [5, 5.41) is 11.6. The molecule has 9 nitrogen and oxygen atoms in total. The van der Waals surface area contributed by atoms with Gasteiger partial charge in [-0.3, -0.25) is 14.5 Å². The first kappa shape index (κ1) is 32.1. The third kappa shape index (κ3) is 7.85. The Kier molecular flexibility index (Phi) is 11.1. The van der Waals surface area contributed by atoms with Crippen molar-refractivity contribution in [1.29, 1.82) is 0 Å². The number of likely N-dealkylation sites (tertiary alicyclic amines) is 1. The number of Topliss-reactive ketones (excluding diaryl/α,β-unsaturated/α-hetero) is 1. The van der Waals surface area contributed by atoms with Crippen molar-refractivity contribution in [2.45, 2.75) is 38.8 Å². The van der Waals surface area contributed by atoms with E-state index in [1.54, 1.807) is 42.3 Å². The highest BCUT2D eigenvalue weighted by atomic mass is 16.5. The van der Waals surface area contributed by atoms with Gasteiger partial charge in [0.1, 0.15) is 18.1 Å². The molecule has 1 unspecified atom stereocenters. The van der Waals surface area contributed by atoms with Gasteiger partial charge in [0, 0.05) is 31.7 Å². The van der Waals surface area contributed by atoms with Crippen LogP contribution in [0.3, 0.4) is 0 Å². The van der Waals surface area contributed by atoms with Crippen molar-refractivity contribution in [2.75, 3.05) is 53.1 Å². The summed E-state index contributed by atoms with van der Waals surface area (Å²) in [6, 6.07) is 21.4. The molecular formula is C36H42N2O7. The number of hydrogen-bond acceptors (Lipinski definition) is 8. The molecule has 0 radical (unpaired) electrons. The maximum absolute atomic E-state index is 13.6. The molecule has 0 spiro atoms. The number of benzene rings is 3. The van der Waals surface area contributed by atoms with Crippen LogP contribution >= 0.6 is 0 Å². The number of aliphatic hydroxyl groups excluding tert-OH is 1. The van der Waals surface area contributed by atoms with Crippen molar-refractivity contribution < 1.29 is 33.6 Å². The van der Waals surface area contributed by atoms with Gasteiger partial charge in [-0.1, -0.05) is 61.9 Å². The fourth-order valence-electron chi connectivity index (χ4n) is 5.68. The molecule has 1 N–H and O–H groups in total. The van der Waals surface area contributed by atoms with Gasteiger partial charge < -0.3 is 29.0 Å². The molecule has 9 heteroatoms. The van der Waals surface area contributed by atoms with E-state index in [9.17, 15) is 14.7 Å². The molecule has 5 rings (SSSR count). The van der Waals surface area contributed by atoms with Crippen LogP contribution in [0.1, 0.15) is 48.9 Å². The molecule has 238 valence electrons. The Hall–Kier alpha value is -4.34. The van der Waals surface area contributed by atoms with Crippen molar-refractivity contribution in [3.63, 3.8) is 0 Å². The van der Waals surface area contributed by atoms with Crippen LogP contribution in [-0.2, 0) is 20.9 Å². The van der Waals surface area contributed by atoms with Gasteiger partial charge in [0.15, 0.2) is 11.5 Å². The van der Waals surface area contributed by atoms with E-state index in [1.807, 2.05) is 42.5 Å². The second-order valence-corrected chi connectivity index (χ2v) is 11.2. The van der Waals surface area contributed by atoms with Crippen LogP contribution < -0.4 is 14.2 Å². The van der Waals surface area contributed by atoms with E-state index in [0.29, 0.717) is 67.8 Å². The van der Waals surface area contributed by atoms with Gasteiger partial charge in [-0.2, -0.15) is 0 Å². The van der Waals surface area contributed by atoms with Gasteiger partial charge in [0.2, 0.25) is 0 Å². The Morgan fingerprint density at radius 2 is 1.71 bits per heavy atom. The third-order valence-electron chi connectivity index (χ3n) is 8.13. The van der Waals surface area contributed by atoms with Crippen LogP contribution in [0, 0.1) is 0 Å². The van der Waals surface area contributed by atoms with Gasteiger partial charge in [0.05, 0.1) is 38.5 Å². The van der Waals surface area contributed by atoms with E-state index < -0.39 is 17.7 Å². The number of carbonyl (C=O) groups excluding carboxylic acids is 2. The lowest BCUT2D eigenvalue weighted by atomic mass is 9.95. The minimum atomic E-state index is -0.809. The van der Waals surface area contributed by atoms with Crippen molar-refractivity contribution in [2.24, 2.45) is 0 Å². The van der Waals surface area contributed by atoms with Crippen molar-refractivity contribution in [1.82, 2.24) is 9.80 Å². The first-order valence-electron chi connectivity index (χ1n) is 15.7. The van der Waals surface area contributed by atoms with E-state index in [0.717, 1.165) is 38.0 Å². The molecule has 2 aliphatic rings. The molecule has 2 aliphatic heterocycles. The number of aliphatic hydroxyl groups is 1. The standard InChI is InChI=1S/C36H42N2O7/c1-3-4-20-44-29-13-8-12-28(23-29)34(39)32-33(38(36(41)35(32)40)17-9-16-37-18-21-43-22-19-37)27-14-15-30(31(24-27)42-2)45-25-26-10-6-5-7-11-26/h5-8,10-15,23-24,33,39H,3-4,9,16-22,25H2,1-2H3. The first-order chi connectivity index (χ1) is 22.0. The van der Waals surface area contributed by atoms with Gasteiger partial charge in [-0.25, -0.2) is 0 Å². The maximum Gasteiger partial charge on any atom is 0.295 e. The van der Waals surface area contributed by atoms with Gasteiger partial charge in [0.25, 0.3) is 11.7 Å². The summed E-state index contributed by atoms with van der Waals surface area (Å²) in [6.45, 7) is 7.14. The number of morpholine rings is 1. The molecule has 2 saturated heterocycles. The smallest absolute Gasteiger partial charge is 0.295 e. The topological polar surface area (TPSA) is 97.8 Å². The normalized spacial score (nSPS) is 18.3. The lowest BCUT2D eigenvalue weighted by molar-refractivity contribution is -0.140. The van der Waals surface area contributed by atoms with Gasteiger partial charge in [-0.05, 0) is 48.2 Å². The van der Waals surface area contributed by atoms with Crippen molar-refractivity contribution >= 4 is 17.4 Å². The Morgan fingerprint density at radius 3 is 2.47 bits per heavy atom. The molecule has 3 aromatic carbocycles. The number of ketones is 1. The third-order valence-corrected chi connectivity index (χ3v) is 8.13. The van der Waals surface area contributed by atoms with Crippen LogP contribution in [0.25, 0.3) is 5.76 Å². The molecule has 45 heavy (non-hydrogen) atoms. The Labute approximate surface area is 265 Å². The molecule has 0 bridgehead atoms. The highest BCUT2D eigenvalue weighted by molar-refractivity contribution is 6.46. The molecule has 0 aromatic heterocycles. The molecule has 2 fully saturated rings. The number of amides is 1. The average molecular weight is 615 g/mol. The number of unbranched alkanes of at least 4 members (excludes halogenated alkanes) is 1. The predicted molar refractivity (Wildman–Crippen MR) is 171 cm³/mol. The minimum Gasteiger partial charge on any atom is -0.507 e. The van der Waals surface area contributed by atoms with E-state index in [-0.39, 0.29) is 11.3 Å².